The third-order valence-electron chi connectivity index (χ3n) is 3.14. The Morgan fingerprint density at radius 2 is 2.31 bits per heavy atom. The molecule has 0 aromatic heterocycles. The van der Waals surface area contributed by atoms with Crippen LogP contribution >= 0.6 is 0 Å². The zero-order chi connectivity index (χ0) is 12.0. The molecule has 3 atom stereocenters. The molecule has 0 aromatic carbocycles. The molecule has 4 heteroatoms. The van der Waals surface area contributed by atoms with Gasteiger partial charge in [-0.15, -0.1) is 0 Å². The monoisotopic (exact) mass is 228 g/mol. The van der Waals surface area contributed by atoms with Crippen molar-refractivity contribution < 1.29 is 9.53 Å². The van der Waals surface area contributed by atoms with Gasteiger partial charge >= 0.3 is 0 Å². The first-order valence-corrected chi connectivity index (χ1v) is 6.28. The number of carbonyl (C=O) groups is 1. The number of nitrogens with one attached hydrogen (secondary N) is 1. The lowest BCUT2D eigenvalue weighted by Gasteiger charge is -2.26. The summed E-state index contributed by atoms with van der Waals surface area (Å²) in [6.45, 7) is 4.21. The Hall–Kier alpha value is -0.610. The fourth-order valence-corrected chi connectivity index (χ4v) is 1.94. The minimum atomic E-state index is -0.0199. The highest BCUT2D eigenvalue weighted by molar-refractivity contribution is 5.77. The van der Waals surface area contributed by atoms with Gasteiger partial charge in [-0.05, 0) is 39.0 Å². The van der Waals surface area contributed by atoms with Crippen molar-refractivity contribution in [2.24, 2.45) is 5.73 Å². The first kappa shape index (κ1) is 13.5. The number of rotatable bonds is 5. The van der Waals surface area contributed by atoms with E-state index in [-0.39, 0.29) is 30.7 Å². The highest BCUT2D eigenvalue weighted by Gasteiger charge is 2.20. The minimum Gasteiger partial charge on any atom is -0.368 e. The highest BCUT2D eigenvalue weighted by Crippen LogP contribution is 2.19. The standard InChI is InChI=1S/C12H24N2O2/c1-3-9(2)14-12(15)8-16-11-6-4-5-10(13)7-11/h9-11H,3-8,13H2,1-2H3,(H,14,15). The normalized spacial score (nSPS) is 27.4. The van der Waals surface area contributed by atoms with E-state index in [1.165, 1.54) is 0 Å². The summed E-state index contributed by atoms with van der Waals surface area (Å²) < 4.78 is 5.57. The Morgan fingerprint density at radius 1 is 1.56 bits per heavy atom. The molecule has 1 rings (SSSR count). The predicted octanol–water partition coefficient (Wildman–Crippen LogP) is 1.19. The number of ether oxygens (including phenoxy) is 1. The van der Waals surface area contributed by atoms with Crippen molar-refractivity contribution in [2.45, 2.75) is 64.1 Å². The number of hydrogen-bond donors (Lipinski definition) is 2. The summed E-state index contributed by atoms with van der Waals surface area (Å²) in [6, 6.07) is 0.473. The summed E-state index contributed by atoms with van der Waals surface area (Å²) in [5, 5.41) is 2.89. The largest absolute Gasteiger partial charge is 0.368 e. The van der Waals surface area contributed by atoms with Gasteiger partial charge in [-0.25, -0.2) is 0 Å². The molecule has 1 amide bonds. The van der Waals surface area contributed by atoms with Gasteiger partial charge in [0.15, 0.2) is 0 Å². The quantitative estimate of drug-likeness (QED) is 0.743. The molecule has 0 aliphatic heterocycles. The Kier molecular flexibility index (Phi) is 5.77. The molecule has 0 bridgehead atoms. The molecule has 16 heavy (non-hydrogen) atoms. The van der Waals surface area contributed by atoms with Gasteiger partial charge in [0.05, 0.1) is 6.10 Å². The molecule has 1 fully saturated rings. The Bertz CT molecular complexity index is 221. The lowest BCUT2D eigenvalue weighted by molar-refractivity contribution is -0.129. The number of nitrogens with two attached hydrogens (primary N) is 1. The van der Waals surface area contributed by atoms with Crippen LogP contribution in [-0.4, -0.2) is 30.7 Å². The second-order valence-corrected chi connectivity index (χ2v) is 4.74. The summed E-state index contributed by atoms with van der Waals surface area (Å²) >= 11 is 0. The molecule has 4 nitrogen and oxygen atoms in total. The van der Waals surface area contributed by atoms with Gasteiger partial charge < -0.3 is 15.8 Å². The molecule has 1 aliphatic rings. The molecule has 0 heterocycles. The summed E-state index contributed by atoms with van der Waals surface area (Å²) in [5.41, 5.74) is 5.85. The van der Waals surface area contributed by atoms with Crippen molar-refractivity contribution in [3.63, 3.8) is 0 Å². The molecular formula is C12H24N2O2. The summed E-state index contributed by atoms with van der Waals surface area (Å²) in [4.78, 5) is 11.5. The van der Waals surface area contributed by atoms with E-state index in [9.17, 15) is 4.79 Å². The molecule has 3 N–H and O–H groups in total. The highest BCUT2D eigenvalue weighted by atomic mass is 16.5. The number of amides is 1. The third kappa shape index (κ3) is 4.94. The Balaban J connectivity index is 2.15. The van der Waals surface area contributed by atoms with Gasteiger partial charge in [-0.2, -0.15) is 0 Å². The number of hydrogen-bond acceptors (Lipinski definition) is 3. The van der Waals surface area contributed by atoms with Crippen LogP contribution in [-0.2, 0) is 9.53 Å². The van der Waals surface area contributed by atoms with E-state index in [1.54, 1.807) is 0 Å². The maximum absolute atomic E-state index is 11.5. The van der Waals surface area contributed by atoms with Gasteiger partial charge in [-0.1, -0.05) is 6.92 Å². The van der Waals surface area contributed by atoms with E-state index in [2.05, 4.69) is 5.32 Å². The predicted molar refractivity (Wildman–Crippen MR) is 64.1 cm³/mol. The van der Waals surface area contributed by atoms with Gasteiger partial charge in [0.25, 0.3) is 0 Å². The van der Waals surface area contributed by atoms with E-state index in [0.717, 1.165) is 32.1 Å². The maximum atomic E-state index is 11.5. The lowest BCUT2D eigenvalue weighted by Crippen LogP contribution is -2.38. The van der Waals surface area contributed by atoms with Crippen molar-refractivity contribution in [1.29, 1.82) is 0 Å². The Morgan fingerprint density at radius 3 is 2.94 bits per heavy atom. The average molecular weight is 228 g/mol. The average Bonchev–Trinajstić information content (AvgIpc) is 2.26. The van der Waals surface area contributed by atoms with Crippen LogP contribution in [0.2, 0.25) is 0 Å². The second kappa shape index (κ2) is 6.86. The lowest BCUT2D eigenvalue weighted by atomic mass is 9.94. The molecule has 0 saturated heterocycles. The SMILES string of the molecule is CCC(C)NC(=O)COC1CCCC(N)C1. The van der Waals surface area contributed by atoms with E-state index < -0.39 is 0 Å². The van der Waals surface area contributed by atoms with Crippen LogP contribution in [0.4, 0.5) is 0 Å². The van der Waals surface area contributed by atoms with Crippen LogP contribution in [0.1, 0.15) is 46.0 Å². The van der Waals surface area contributed by atoms with Crippen molar-refractivity contribution in [1.82, 2.24) is 5.32 Å². The second-order valence-electron chi connectivity index (χ2n) is 4.74. The first-order valence-electron chi connectivity index (χ1n) is 6.28. The Labute approximate surface area is 97.9 Å². The van der Waals surface area contributed by atoms with E-state index in [0.29, 0.717) is 0 Å². The third-order valence-corrected chi connectivity index (χ3v) is 3.14. The summed E-state index contributed by atoms with van der Waals surface area (Å²) in [7, 11) is 0. The van der Waals surface area contributed by atoms with Crippen molar-refractivity contribution in [3.8, 4) is 0 Å². The first-order chi connectivity index (χ1) is 7.61. The van der Waals surface area contributed by atoms with Gasteiger partial charge in [0.1, 0.15) is 6.61 Å². The zero-order valence-electron chi connectivity index (χ0n) is 10.4. The van der Waals surface area contributed by atoms with Crippen molar-refractivity contribution >= 4 is 5.91 Å². The van der Waals surface area contributed by atoms with E-state index >= 15 is 0 Å². The van der Waals surface area contributed by atoms with E-state index in [1.807, 2.05) is 13.8 Å². The maximum Gasteiger partial charge on any atom is 0.246 e. The fourth-order valence-electron chi connectivity index (χ4n) is 1.94. The molecular weight excluding hydrogens is 204 g/mol. The molecule has 0 spiro atoms. The van der Waals surface area contributed by atoms with Crippen LogP contribution in [0.25, 0.3) is 0 Å². The molecule has 3 unspecified atom stereocenters. The van der Waals surface area contributed by atoms with Crippen LogP contribution < -0.4 is 11.1 Å². The van der Waals surface area contributed by atoms with Gasteiger partial charge in [0, 0.05) is 12.1 Å². The van der Waals surface area contributed by atoms with Crippen LogP contribution in [0, 0.1) is 0 Å². The molecule has 1 saturated carbocycles. The van der Waals surface area contributed by atoms with Crippen LogP contribution in [0.5, 0.6) is 0 Å². The smallest absolute Gasteiger partial charge is 0.246 e. The summed E-state index contributed by atoms with van der Waals surface area (Å²) in [5.74, 6) is -0.0199. The zero-order valence-corrected chi connectivity index (χ0v) is 10.4. The molecule has 1 aliphatic carbocycles. The van der Waals surface area contributed by atoms with E-state index in [4.69, 9.17) is 10.5 Å². The van der Waals surface area contributed by atoms with Crippen molar-refractivity contribution in [3.05, 3.63) is 0 Å². The van der Waals surface area contributed by atoms with Crippen LogP contribution in [0.3, 0.4) is 0 Å². The summed E-state index contributed by atoms with van der Waals surface area (Å²) in [6.07, 6.45) is 5.23. The minimum absolute atomic E-state index is 0.0199. The van der Waals surface area contributed by atoms with Gasteiger partial charge in [0.2, 0.25) is 5.91 Å². The fraction of sp³-hybridized carbons (Fsp3) is 0.917. The topological polar surface area (TPSA) is 64.3 Å². The van der Waals surface area contributed by atoms with Crippen molar-refractivity contribution in [2.75, 3.05) is 6.61 Å². The molecule has 0 radical (unpaired) electrons. The molecule has 0 aromatic rings. The number of carbonyl (C=O) groups excluding carboxylic acids is 1. The van der Waals surface area contributed by atoms with Crippen LogP contribution in [0.15, 0.2) is 0 Å². The van der Waals surface area contributed by atoms with Gasteiger partial charge in [-0.3, -0.25) is 4.79 Å². The molecule has 94 valence electrons.